The number of nitriles is 1. The molecule has 3 aromatic rings. The van der Waals surface area contributed by atoms with Crippen molar-refractivity contribution in [1.29, 1.82) is 5.26 Å². The first kappa shape index (κ1) is 24.0. The Hall–Kier alpha value is -3.15. The third-order valence-corrected chi connectivity index (χ3v) is 7.81. The zero-order chi connectivity index (χ0) is 24.0. The zero-order valence-electron chi connectivity index (χ0n) is 18.5. The molecule has 34 heavy (non-hydrogen) atoms. The van der Waals surface area contributed by atoms with Crippen molar-refractivity contribution < 1.29 is 13.2 Å². The Morgan fingerprint density at radius 2 is 1.65 bits per heavy atom. The Morgan fingerprint density at radius 3 is 2.32 bits per heavy atom. The summed E-state index contributed by atoms with van der Waals surface area (Å²) < 4.78 is 33.5. The summed E-state index contributed by atoms with van der Waals surface area (Å²) in [5, 5.41) is 9.58. The second-order valence-corrected chi connectivity index (χ2v) is 10.2. The van der Waals surface area contributed by atoms with E-state index < -0.39 is 10.0 Å². The van der Waals surface area contributed by atoms with Crippen LogP contribution >= 0.6 is 11.6 Å². The molecule has 0 atom stereocenters. The van der Waals surface area contributed by atoms with Crippen LogP contribution in [0.15, 0.2) is 83.8 Å². The largest absolute Gasteiger partial charge is 0.456 e. The molecule has 0 aromatic heterocycles. The third kappa shape index (κ3) is 5.66. The molecule has 0 unspecified atom stereocenters. The maximum Gasteiger partial charge on any atom is 0.243 e. The van der Waals surface area contributed by atoms with Crippen molar-refractivity contribution in [3.05, 3.63) is 95.0 Å². The van der Waals surface area contributed by atoms with E-state index in [2.05, 4.69) is 29.2 Å². The summed E-state index contributed by atoms with van der Waals surface area (Å²) in [5.41, 5.74) is 1.38. The van der Waals surface area contributed by atoms with E-state index in [0.717, 1.165) is 12.1 Å². The lowest BCUT2D eigenvalue weighted by Gasteiger charge is -2.33. The molecule has 0 amide bonds. The van der Waals surface area contributed by atoms with Crippen LogP contribution in [-0.2, 0) is 10.0 Å². The highest BCUT2D eigenvalue weighted by molar-refractivity contribution is 7.89. The third-order valence-electron chi connectivity index (χ3n) is 5.58. The highest BCUT2D eigenvalue weighted by Gasteiger charge is 2.28. The number of piperazine rings is 1. The summed E-state index contributed by atoms with van der Waals surface area (Å²) in [6, 6.07) is 23.3. The number of ether oxygens (including phenoxy) is 1. The highest BCUT2D eigenvalue weighted by atomic mass is 35.5. The summed E-state index contributed by atoms with van der Waals surface area (Å²) in [7, 11) is -3.60. The van der Waals surface area contributed by atoms with Crippen LogP contribution in [0.1, 0.15) is 11.1 Å². The minimum absolute atomic E-state index is 0.212. The molecule has 1 aliphatic heterocycles. The van der Waals surface area contributed by atoms with Crippen LogP contribution in [0, 0.1) is 11.3 Å². The number of hydrogen-bond donors (Lipinski definition) is 0. The van der Waals surface area contributed by atoms with Crippen LogP contribution < -0.4 is 4.74 Å². The number of nitrogens with zero attached hydrogens (tertiary/aromatic N) is 3. The lowest BCUT2D eigenvalue weighted by Crippen LogP contribution is -2.48. The van der Waals surface area contributed by atoms with Crippen LogP contribution in [0.3, 0.4) is 0 Å². The Balaban J connectivity index is 1.35. The number of rotatable bonds is 7. The predicted octanol–water partition coefficient (Wildman–Crippen LogP) is 5.02. The minimum Gasteiger partial charge on any atom is -0.456 e. The number of halogens is 1. The molecule has 4 rings (SSSR count). The summed E-state index contributed by atoms with van der Waals surface area (Å²) in [6.45, 7) is 3.00. The summed E-state index contributed by atoms with van der Waals surface area (Å²) >= 11 is 6.04. The molecule has 0 N–H and O–H groups in total. The van der Waals surface area contributed by atoms with Crippen molar-refractivity contribution in [2.75, 3.05) is 32.7 Å². The molecule has 0 bridgehead atoms. The molecular weight excluding hydrogens is 470 g/mol. The summed E-state index contributed by atoms with van der Waals surface area (Å²) in [6.07, 6.45) is 4.19. The van der Waals surface area contributed by atoms with E-state index in [9.17, 15) is 13.7 Å². The molecular formula is C26H24ClN3O3S. The van der Waals surface area contributed by atoms with Gasteiger partial charge in [-0.1, -0.05) is 60.2 Å². The quantitative estimate of drug-likeness (QED) is 0.462. The standard InChI is InChI=1S/C26H24ClN3O3S/c27-25-9-4-10-26(24(25)20-28)33-22-11-13-23(14-12-22)34(31,32)30-18-16-29(17-19-30)15-5-8-21-6-2-1-3-7-21/h1-14H,15-19H2/b8-5-. The maximum atomic E-state index is 13.1. The molecule has 0 saturated carbocycles. The molecule has 6 nitrogen and oxygen atoms in total. The van der Waals surface area contributed by atoms with Gasteiger partial charge in [0, 0.05) is 32.7 Å². The van der Waals surface area contributed by atoms with Gasteiger partial charge in [0.25, 0.3) is 0 Å². The van der Waals surface area contributed by atoms with E-state index in [1.54, 1.807) is 30.3 Å². The Bertz CT molecular complexity index is 1300. The number of benzene rings is 3. The summed E-state index contributed by atoms with van der Waals surface area (Å²) in [5.74, 6) is 0.746. The predicted molar refractivity (Wildman–Crippen MR) is 133 cm³/mol. The van der Waals surface area contributed by atoms with Crippen LogP contribution in [0.2, 0.25) is 5.02 Å². The van der Waals surface area contributed by atoms with Crippen molar-refractivity contribution in [2.45, 2.75) is 4.90 Å². The van der Waals surface area contributed by atoms with Gasteiger partial charge >= 0.3 is 0 Å². The van der Waals surface area contributed by atoms with E-state index in [0.29, 0.717) is 42.7 Å². The van der Waals surface area contributed by atoms with E-state index in [1.165, 1.54) is 16.4 Å². The normalized spacial score (nSPS) is 15.3. The van der Waals surface area contributed by atoms with Crippen molar-refractivity contribution in [3.8, 4) is 17.6 Å². The Kier molecular flexibility index (Phi) is 7.66. The lowest BCUT2D eigenvalue weighted by molar-refractivity contribution is 0.204. The molecule has 1 saturated heterocycles. The first-order valence-corrected chi connectivity index (χ1v) is 12.7. The van der Waals surface area contributed by atoms with Gasteiger partial charge in [-0.2, -0.15) is 9.57 Å². The molecule has 1 aliphatic rings. The average Bonchev–Trinajstić information content (AvgIpc) is 2.86. The molecule has 3 aromatic carbocycles. The molecule has 174 valence electrons. The van der Waals surface area contributed by atoms with Gasteiger partial charge in [0.2, 0.25) is 10.0 Å². The van der Waals surface area contributed by atoms with Crippen molar-refractivity contribution in [2.24, 2.45) is 0 Å². The van der Waals surface area contributed by atoms with Crippen molar-refractivity contribution in [3.63, 3.8) is 0 Å². The van der Waals surface area contributed by atoms with Gasteiger partial charge < -0.3 is 4.74 Å². The van der Waals surface area contributed by atoms with Gasteiger partial charge in [-0.3, -0.25) is 4.90 Å². The maximum absolute atomic E-state index is 13.1. The number of sulfonamides is 1. The smallest absolute Gasteiger partial charge is 0.243 e. The van der Waals surface area contributed by atoms with Crippen LogP contribution in [0.25, 0.3) is 6.08 Å². The van der Waals surface area contributed by atoms with Gasteiger partial charge in [-0.25, -0.2) is 8.42 Å². The van der Waals surface area contributed by atoms with Gasteiger partial charge in [0.15, 0.2) is 0 Å². The van der Waals surface area contributed by atoms with Crippen molar-refractivity contribution >= 4 is 27.7 Å². The molecule has 1 fully saturated rings. The van der Waals surface area contributed by atoms with E-state index in [-0.39, 0.29) is 10.5 Å². The van der Waals surface area contributed by atoms with E-state index in [1.807, 2.05) is 24.3 Å². The number of hydrogen-bond acceptors (Lipinski definition) is 5. The molecule has 8 heteroatoms. The fraction of sp³-hybridized carbons (Fsp3) is 0.192. The monoisotopic (exact) mass is 493 g/mol. The second kappa shape index (κ2) is 10.9. The molecule has 0 aliphatic carbocycles. The minimum atomic E-state index is -3.60. The zero-order valence-corrected chi connectivity index (χ0v) is 20.0. The highest BCUT2D eigenvalue weighted by Crippen LogP contribution is 2.30. The van der Waals surface area contributed by atoms with Gasteiger partial charge in [-0.05, 0) is 42.0 Å². The van der Waals surface area contributed by atoms with Crippen LogP contribution in [0.5, 0.6) is 11.5 Å². The van der Waals surface area contributed by atoms with Gasteiger partial charge in [0.05, 0.1) is 9.92 Å². The first-order chi connectivity index (χ1) is 16.5. The fourth-order valence-electron chi connectivity index (χ4n) is 3.71. The second-order valence-electron chi connectivity index (χ2n) is 7.82. The SMILES string of the molecule is N#Cc1c(Cl)cccc1Oc1ccc(S(=O)(=O)N2CCN(C/C=C\c3ccccc3)CC2)cc1. The van der Waals surface area contributed by atoms with Crippen molar-refractivity contribution in [1.82, 2.24) is 9.21 Å². The lowest BCUT2D eigenvalue weighted by atomic mass is 10.2. The van der Waals surface area contributed by atoms with Crippen LogP contribution in [-0.4, -0.2) is 50.3 Å². The topological polar surface area (TPSA) is 73.6 Å². The Morgan fingerprint density at radius 1 is 0.941 bits per heavy atom. The molecule has 0 spiro atoms. The molecule has 0 radical (unpaired) electrons. The summed E-state index contributed by atoms with van der Waals surface area (Å²) in [4.78, 5) is 2.45. The van der Waals surface area contributed by atoms with Gasteiger partial charge in [0.1, 0.15) is 23.1 Å². The van der Waals surface area contributed by atoms with Gasteiger partial charge in [-0.15, -0.1) is 0 Å². The Labute approximate surface area is 205 Å². The fourth-order valence-corrected chi connectivity index (χ4v) is 5.34. The van der Waals surface area contributed by atoms with Crippen LogP contribution in [0.4, 0.5) is 0 Å². The average molecular weight is 494 g/mol. The van der Waals surface area contributed by atoms with E-state index in [4.69, 9.17) is 16.3 Å². The van der Waals surface area contributed by atoms with E-state index >= 15 is 0 Å². The molecule has 1 heterocycles. The first-order valence-electron chi connectivity index (χ1n) is 10.9.